The summed E-state index contributed by atoms with van der Waals surface area (Å²) in [5.41, 5.74) is 2.20. The molecule has 0 aliphatic heterocycles. The number of aliphatic hydroxyl groups is 1. The number of halogens is 2. The van der Waals surface area contributed by atoms with Crippen molar-refractivity contribution in [3.05, 3.63) is 65.0 Å². The van der Waals surface area contributed by atoms with Gasteiger partial charge in [-0.1, -0.05) is 19.1 Å². The van der Waals surface area contributed by atoms with Crippen LogP contribution in [0.2, 0.25) is 0 Å². The minimum atomic E-state index is -0.741. The van der Waals surface area contributed by atoms with E-state index in [0.29, 0.717) is 12.0 Å². The SMILES string of the molecule is CCc1ccc(CC(O)Cc2ccc(F)cc2F)nc1. The van der Waals surface area contributed by atoms with Gasteiger partial charge in [-0.2, -0.15) is 0 Å². The summed E-state index contributed by atoms with van der Waals surface area (Å²) in [6.45, 7) is 2.04. The smallest absolute Gasteiger partial charge is 0.129 e. The first-order chi connectivity index (χ1) is 9.58. The highest BCUT2D eigenvalue weighted by molar-refractivity contribution is 5.20. The first-order valence-electron chi connectivity index (χ1n) is 6.64. The number of hydrogen-bond acceptors (Lipinski definition) is 2. The van der Waals surface area contributed by atoms with Gasteiger partial charge in [-0.25, -0.2) is 8.78 Å². The van der Waals surface area contributed by atoms with Gasteiger partial charge in [0.25, 0.3) is 0 Å². The lowest BCUT2D eigenvalue weighted by Gasteiger charge is -2.11. The largest absolute Gasteiger partial charge is 0.392 e. The van der Waals surface area contributed by atoms with Crippen LogP contribution in [0, 0.1) is 11.6 Å². The molecule has 0 aliphatic carbocycles. The van der Waals surface area contributed by atoms with E-state index in [-0.39, 0.29) is 6.42 Å². The van der Waals surface area contributed by atoms with Crippen molar-refractivity contribution in [2.75, 3.05) is 0 Å². The molecule has 2 rings (SSSR count). The Morgan fingerprint density at radius 2 is 1.95 bits per heavy atom. The maximum absolute atomic E-state index is 13.5. The van der Waals surface area contributed by atoms with E-state index in [1.54, 1.807) is 6.20 Å². The molecule has 1 N–H and O–H groups in total. The van der Waals surface area contributed by atoms with Crippen LogP contribution < -0.4 is 0 Å². The molecule has 1 heterocycles. The second kappa shape index (κ2) is 6.57. The van der Waals surface area contributed by atoms with Crippen LogP contribution in [0.5, 0.6) is 0 Å². The van der Waals surface area contributed by atoms with Crippen LogP contribution in [0.15, 0.2) is 36.5 Å². The highest BCUT2D eigenvalue weighted by atomic mass is 19.1. The van der Waals surface area contributed by atoms with E-state index in [0.717, 1.165) is 23.7 Å². The third kappa shape index (κ3) is 3.84. The summed E-state index contributed by atoms with van der Waals surface area (Å²) in [6, 6.07) is 7.22. The van der Waals surface area contributed by atoms with E-state index in [1.165, 1.54) is 12.1 Å². The highest BCUT2D eigenvalue weighted by Crippen LogP contribution is 2.13. The lowest BCUT2D eigenvalue weighted by molar-refractivity contribution is 0.173. The number of aromatic nitrogens is 1. The fraction of sp³-hybridized carbons (Fsp3) is 0.312. The molecule has 0 bridgehead atoms. The molecule has 0 aliphatic rings. The minimum absolute atomic E-state index is 0.142. The zero-order valence-corrected chi connectivity index (χ0v) is 11.3. The average Bonchev–Trinajstić information content (AvgIpc) is 2.43. The molecule has 2 nitrogen and oxygen atoms in total. The zero-order valence-electron chi connectivity index (χ0n) is 11.3. The van der Waals surface area contributed by atoms with Crippen LogP contribution in [0.25, 0.3) is 0 Å². The number of pyridine rings is 1. The number of benzene rings is 1. The Morgan fingerprint density at radius 3 is 2.55 bits per heavy atom. The number of aryl methyl sites for hydroxylation is 1. The Balaban J connectivity index is 1.99. The van der Waals surface area contributed by atoms with Crippen LogP contribution in [-0.4, -0.2) is 16.2 Å². The molecule has 20 heavy (non-hydrogen) atoms. The van der Waals surface area contributed by atoms with Gasteiger partial charge in [-0.3, -0.25) is 4.98 Å². The van der Waals surface area contributed by atoms with Crippen molar-refractivity contribution in [3.63, 3.8) is 0 Å². The number of aliphatic hydroxyl groups excluding tert-OH is 1. The molecule has 0 saturated carbocycles. The Kier molecular flexibility index (Phi) is 4.79. The van der Waals surface area contributed by atoms with Crippen LogP contribution in [0.4, 0.5) is 8.78 Å². The van der Waals surface area contributed by atoms with Crippen LogP contribution in [0.3, 0.4) is 0 Å². The minimum Gasteiger partial charge on any atom is -0.392 e. The van der Waals surface area contributed by atoms with Gasteiger partial charge in [-0.15, -0.1) is 0 Å². The highest BCUT2D eigenvalue weighted by Gasteiger charge is 2.11. The van der Waals surface area contributed by atoms with Gasteiger partial charge >= 0.3 is 0 Å². The maximum atomic E-state index is 13.5. The molecule has 1 aromatic heterocycles. The summed E-state index contributed by atoms with van der Waals surface area (Å²) in [5.74, 6) is -1.24. The molecular weight excluding hydrogens is 260 g/mol. The Hall–Kier alpha value is -1.81. The molecular formula is C16H17F2NO. The second-order valence-electron chi connectivity index (χ2n) is 4.81. The van der Waals surface area contributed by atoms with E-state index in [9.17, 15) is 13.9 Å². The van der Waals surface area contributed by atoms with Crippen molar-refractivity contribution in [2.24, 2.45) is 0 Å². The van der Waals surface area contributed by atoms with Gasteiger partial charge in [0, 0.05) is 30.8 Å². The molecule has 4 heteroatoms. The van der Waals surface area contributed by atoms with Crippen molar-refractivity contribution in [3.8, 4) is 0 Å². The molecule has 1 atom stereocenters. The average molecular weight is 277 g/mol. The van der Waals surface area contributed by atoms with Gasteiger partial charge in [0.15, 0.2) is 0 Å². The summed E-state index contributed by atoms with van der Waals surface area (Å²) in [5, 5.41) is 9.98. The Bertz CT molecular complexity index is 569. The fourth-order valence-corrected chi connectivity index (χ4v) is 2.04. The van der Waals surface area contributed by atoms with Gasteiger partial charge < -0.3 is 5.11 Å². The van der Waals surface area contributed by atoms with Crippen LogP contribution in [0.1, 0.15) is 23.7 Å². The standard InChI is InChI=1S/C16H17F2NO/c1-2-11-3-6-14(19-10-11)9-15(20)7-12-4-5-13(17)8-16(12)18/h3-6,8,10,15,20H,2,7,9H2,1H3. The van der Waals surface area contributed by atoms with Crippen molar-refractivity contribution in [2.45, 2.75) is 32.3 Å². The summed E-state index contributed by atoms with van der Waals surface area (Å²) >= 11 is 0. The van der Waals surface area contributed by atoms with Crippen molar-refractivity contribution >= 4 is 0 Å². The van der Waals surface area contributed by atoms with Crippen molar-refractivity contribution < 1.29 is 13.9 Å². The molecule has 1 unspecified atom stereocenters. The summed E-state index contributed by atoms with van der Waals surface area (Å²) in [7, 11) is 0. The molecule has 0 radical (unpaired) electrons. The third-order valence-corrected chi connectivity index (χ3v) is 3.21. The quantitative estimate of drug-likeness (QED) is 0.911. The van der Waals surface area contributed by atoms with Gasteiger partial charge in [0.05, 0.1) is 6.10 Å². The van der Waals surface area contributed by atoms with Crippen LogP contribution in [-0.2, 0) is 19.3 Å². The maximum Gasteiger partial charge on any atom is 0.129 e. The first-order valence-corrected chi connectivity index (χ1v) is 6.64. The molecule has 0 saturated heterocycles. The van der Waals surface area contributed by atoms with E-state index in [1.807, 2.05) is 19.1 Å². The third-order valence-electron chi connectivity index (χ3n) is 3.21. The van der Waals surface area contributed by atoms with E-state index >= 15 is 0 Å². The normalized spacial score (nSPS) is 12.4. The Labute approximate surface area is 117 Å². The van der Waals surface area contributed by atoms with Gasteiger partial charge in [0.1, 0.15) is 11.6 Å². The molecule has 106 valence electrons. The van der Waals surface area contributed by atoms with Crippen LogP contribution >= 0.6 is 0 Å². The monoisotopic (exact) mass is 277 g/mol. The summed E-state index contributed by atoms with van der Waals surface area (Å²) < 4.78 is 26.3. The van der Waals surface area contributed by atoms with E-state index < -0.39 is 17.7 Å². The number of hydrogen-bond donors (Lipinski definition) is 1. The molecule has 0 fully saturated rings. The predicted molar refractivity (Wildman–Crippen MR) is 73.4 cm³/mol. The fourth-order valence-electron chi connectivity index (χ4n) is 2.04. The van der Waals surface area contributed by atoms with E-state index in [2.05, 4.69) is 4.98 Å². The summed E-state index contributed by atoms with van der Waals surface area (Å²) in [4.78, 5) is 4.25. The lowest BCUT2D eigenvalue weighted by atomic mass is 10.0. The Morgan fingerprint density at radius 1 is 1.15 bits per heavy atom. The summed E-state index contributed by atoms with van der Waals surface area (Å²) in [6.07, 6.45) is 2.44. The van der Waals surface area contributed by atoms with Crippen molar-refractivity contribution in [1.82, 2.24) is 4.98 Å². The molecule has 0 amide bonds. The molecule has 1 aromatic carbocycles. The number of rotatable bonds is 5. The zero-order chi connectivity index (χ0) is 14.5. The predicted octanol–water partition coefficient (Wildman–Crippen LogP) is 3.07. The van der Waals surface area contributed by atoms with Gasteiger partial charge in [-0.05, 0) is 29.7 Å². The topological polar surface area (TPSA) is 33.1 Å². The first kappa shape index (κ1) is 14.6. The number of nitrogens with zero attached hydrogens (tertiary/aromatic N) is 1. The lowest BCUT2D eigenvalue weighted by Crippen LogP contribution is -2.15. The van der Waals surface area contributed by atoms with E-state index in [4.69, 9.17) is 0 Å². The van der Waals surface area contributed by atoms with Gasteiger partial charge in [0.2, 0.25) is 0 Å². The molecule has 2 aromatic rings. The second-order valence-corrected chi connectivity index (χ2v) is 4.81. The van der Waals surface area contributed by atoms with Crippen molar-refractivity contribution in [1.29, 1.82) is 0 Å². The molecule has 0 spiro atoms.